The van der Waals surface area contributed by atoms with E-state index in [2.05, 4.69) is 6.07 Å². The Balaban J connectivity index is 2.33. The number of aryl methyl sites for hydroxylation is 2. The van der Waals surface area contributed by atoms with Gasteiger partial charge < -0.3 is 4.74 Å². The number of rotatable bonds is 3. The van der Waals surface area contributed by atoms with E-state index in [4.69, 9.17) is 4.74 Å². The number of carbonyl (C=O) groups is 1. The van der Waals surface area contributed by atoms with E-state index in [1.54, 1.807) is 7.11 Å². The first-order chi connectivity index (χ1) is 7.59. The van der Waals surface area contributed by atoms with Crippen molar-refractivity contribution in [1.82, 2.24) is 0 Å². The minimum Gasteiger partial charge on any atom is -0.370 e. The van der Waals surface area contributed by atoms with Crippen LogP contribution in [0, 0.1) is 13.8 Å². The summed E-state index contributed by atoms with van der Waals surface area (Å²) in [5, 5.41) is 0. The minimum absolute atomic E-state index is 0.152. The summed E-state index contributed by atoms with van der Waals surface area (Å²) in [7, 11) is 1.64. The fourth-order valence-electron chi connectivity index (χ4n) is 2.34. The summed E-state index contributed by atoms with van der Waals surface area (Å²) in [5.74, 6) is 0.152. The van der Waals surface area contributed by atoms with Crippen LogP contribution < -0.4 is 0 Å². The Labute approximate surface area is 96.6 Å². The van der Waals surface area contributed by atoms with Crippen LogP contribution in [0.2, 0.25) is 0 Å². The molecule has 1 aliphatic rings. The summed E-state index contributed by atoms with van der Waals surface area (Å²) < 4.78 is 5.43. The average molecular weight is 218 g/mol. The van der Waals surface area contributed by atoms with Crippen molar-refractivity contribution in [2.45, 2.75) is 38.7 Å². The van der Waals surface area contributed by atoms with Gasteiger partial charge >= 0.3 is 0 Å². The maximum absolute atomic E-state index is 12.4. The molecule has 1 aromatic rings. The lowest BCUT2D eigenvalue weighted by molar-refractivity contribution is -0.0448. The maximum atomic E-state index is 12.4. The van der Waals surface area contributed by atoms with E-state index in [0.717, 1.165) is 30.4 Å². The van der Waals surface area contributed by atoms with Gasteiger partial charge in [-0.2, -0.15) is 0 Å². The topological polar surface area (TPSA) is 26.3 Å². The predicted molar refractivity (Wildman–Crippen MR) is 63.8 cm³/mol. The summed E-state index contributed by atoms with van der Waals surface area (Å²) in [4.78, 5) is 12.4. The summed E-state index contributed by atoms with van der Waals surface area (Å²) in [6, 6.07) is 5.96. The van der Waals surface area contributed by atoms with Crippen molar-refractivity contribution in [3.63, 3.8) is 0 Å². The van der Waals surface area contributed by atoms with Gasteiger partial charge in [0.1, 0.15) is 5.60 Å². The maximum Gasteiger partial charge on any atom is 0.194 e. The van der Waals surface area contributed by atoms with Gasteiger partial charge in [0.2, 0.25) is 0 Å². The Morgan fingerprint density at radius 3 is 2.44 bits per heavy atom. The summed E-state index contributed by atoms with van der Waals surface area (Å²) >= 11 is 0. The van der Waals surface area contributed by atoms with Gasteiger partial charge in [-0.05, 0) is 38.7 Å². The number of benzene rings is 1. The summed E-state index contributed by atoms with van der Waals surface area (Å²) in [6.45, 7) is 4.03. The molecule has 1 aliphatic carbocycles. The zero-order valence-electron chi connectivity index (χ0n) is 10.2. The largest absolute Gasteiger partial charge is 0.370 e. The first kappa shape index (κ1) is 11.3. The molecular formula is C14H18O2. The van der Waals surface area contributed by atoms with E-state index in [9.17, 15) is 4.79 Å². The van der Waals surface area contributed by atoms with Crippen molar-refractivity contribution in [2.24, 2.45) is 0 Å². The zero-order valence-corrected chi connectivity index (χ0v) is 10.2. The molecule has 0 amide bonds. The molecule has 0 bridgehead atoms. The zero-order chi connectivity index (χ0) is 11.8. The molecule has 1 saturated carbocycles. The van der Waals surface area contributed by atoms with Crippen LogP contribution in [0.15, 0.2) is 18.2 Å². The fourth-order valence-corrected chi connectivity index (χ4v) is 2.34. The van der Waals surface area contributed by atoms with E-state index in [0.29, 0.717) is 0 Å². The molecular weight excluding hydrogens is 200 g/mol. The standard InChI is InChI=1S/C14H18O2/c1-10-5-6-12(11(2)9-10)13(15)14(16-3)7-4-8-14/h5-6,9H,4,7-8H2,1-3H3. The highest BCUT2D eigenvalue weighted by Gasteiger charge is 2.44. The second-order valence-electron chi connectivity index (χ2n) is 4.70. The van der Waals surface area contributed by atoms with Gasteiger partial charge in [0.25, 0.3) is 0 Å². The van der Waals surface area contributed by atoms with Crippen LogP contribution in [0.4, 0.5) is 0 Å². The third-order valence-electron chi connectivity index (χ3n) is 3.59. The van der Waals surface area contributed by atoms with Crippen molar-refractivity contribution in [1.29, 1.82) is 0 Å². The molecule has 0 heterocycles. The fraction of sp³-hybridized carbons (Fsp3) is 0.500. The van der Waals surface area contributed by atoms with Gasteiger partial charge in [0, 0.05) is 12.7 Å². The van der Waals surface area contributed by atoms with Gasteiger partial charge in [0.15, 0.2) is 5.78 Å². The number of hydrogen-bond acceptors (Lipinski definition) is 2. The number of Topliss-reactive ketones (excluding diaryl/α,β-unsaturated/α-hetero) is 1. The van der Waals surface area contributed by atoms with E-state index in [1.165, 1.54) is 5.56 Å². The van der Waals surface area contributed by atoms with Crippen LogP contribution in [-0.4, -0.2) is 18.5 Å². The smallest absolute Gasteiger partial charge is 0.194 e. The van der Waals surface area contributed by atoms with Gasteiger partial charge in [0.05, 0.1) is 0 Å². The Morgan fingerprint density at radius 2 is 2.00 bits per heavy atom. The molecule has 0 atom stereocenters. The van der Waals surface area contributed by atoms with E-state index in [-0.39, 0.29) is 5.78 Å². The molecule has 0 aromatic heterocycles. The predicted octanol–water partition coefficient (Wildman–Crippen LogP) is 3.06. The Bertz CT molecular complexity index is 411. The van der Waals surface area contributed by atoms with Crippen molar-refractivity contribution in [3.8, 4) is 0 Å². The van der Waals surface area contributed by atoms with Crippen LogP contribution in [0.25, 0.3) is 0 Å². The lowest BCUT2D eigenvalue weighted by Crippen LogP contribution is -2.47. The normalized spacial score (nSPS) is 17.9. The summed E-state index contributed by atoms with van der Waals surface area (Å²) in [5.41, 5.74) is 2.52. The van der Waals surface area contributed by atoms with Crippen molar-refractivity contribution in [3.05, 3.63) is 34.9 Å². The van der Waals surface area contributed by atoms with Crippen molar-refractivity contribution in [2.75, 3.05) is 7.11 Å². The summed E-state index contributed by atoms with van der Waals surface area (Å²) in [6.07, 6.45) is 2.80. The highest BCUT2D eigenvalue weighted by Crippen LogP contribution is 2.38. The average Bonchev–Trinajstić information content (AvgIpc) is 2.16. The lowest BCUT2D eigenvalue weighted by atomic mass is 9.74. The number of methoxy groups -OCH3 is 1. The van der Waals surface area contributed by atoms with Gasteiger partial charge in [-0.1, -0.05) is 23.8 Å². The van der Waals surface area contributed by atoms with Gasteiger partial charge in [-0.3, -0.25) is 4.79 Å². The molecule has 2 nitrogen and oxygen atoms in total. The second-order valence-corrected chi connectivity index (χ2v) is 4.70. The van der Waals surface area contributed by atoms with Crippen molar-refractivity contribution >= 4 is 5.78 Å². The quantitative estimate of drug-likeness (QED) is 0.729. The molecule has 2 rings (SSSR count). The highest BCUT2D eigenvalue weighted by molar-refractivity contribution is 6.04. The van der Waals surface area contributed by atoms with Crippen molar-refractivity contribution < 1.29 is 9.53 Å². The molecule has 1 aromatic carbocycles. The third kappa shape index (κ3) is 1.67. The molecule has 0 spiro atoms. The highest BCUT2D eigenvalue weighted by atomic mass is 16.5. The molecule has 16 heavy (non-hydrogen) atoms. The van der Waals surface area contributed by atoms with Gasteiger partial charge in [-0.15, -0.1) is 0 Å². The second kappa shape index (κ2) is 4.02. The Kier molecular flexibility index (Phi) is 2.85. The van der Waals surface area contributed by atoms with E-state index in [1.807, 2.05) is 26.0 Å². The number of ketones is 1. The molecule has 0 unspecified atom stereocenters. The van der Waals surface area contributed by atoms with Crippen LogP contribution >= 0.6 is 0 Å². The molecule has 1 fully saturated rings. The monoisotopic (exact) mass is 218 g/mol. The lowest BCUT2D eigenvalue weighted by Gasteiger charge is -2.39. The van der Waals surface area contributed by atoms with Crippen LogP contribution in [0.3, 0.4) is 0 Å². The number of ether oxygens (including phenoxy) is 1. The molecule has 0 saturated heterocycles. The number of hydrogen-bond donors (Lipinski definition) is 0. The minimum atomic E-state index is -0.528. The van der Waals surface area contributed by atoms with Gasteiger partial charge in [-0.25, -0.2) is 0 Å². The molecule has 86 valence electrons. The third-order valence-corrected chi connectivity index (χ3v) is 3.59. The van der Waals surface area contributed by atoms with E-state index < -0.39 is 5.60 Å². The SMILES string of the molecule is COC1(C(=O)c2ccc(C)cc2C)CCC1. The molecule has 0 N–H and O–H groups in total. The first-order valence-corrected chi connectivity index (χ1v) is 5.76. The Hall–Kier alpha value is -1.15. The molecule has 2 heteroatoms. The first-order valence-electron chi connectivity index (χ1n) is 5.76. The Morgan fingerprint density at radius 1 is 1.31 bits per heavy atom. The molecule has 0 aliphatic heterocycles. The number of carbonyl (C=O) groups excluding carboxylic acids is 1. The van der Waals surface area contributed by atoms with Crippen LogP contribution in [0.5, 0.6) is 0 Å². The van der Waals surface area contributed by atoms with E-state index >= 15 is 0 Å². The van der Waals surface area contributed by atoms with Crippen LogP contribution in [0.1, 0.15) is 40.7 Å². The van der Waals surface area contributed by atoms with Crippen LogP contribution in [-0.2, 0) is 4.74 Å². The molecule has 0 radical (unpaired) electrons.